The SMILES string of the molecule is CCN(C(=O)CN(C)S(=O)(=O)c1ccc(C#N)cc1)c1ccccc1C. The van der Waals surface area contributed by atoms with Gasteiger partial charge in [0.2, 0.25) is 15.9 Å². The third-order valence-corrected chi connectivity index (χ3v) is 5.89. The Morgan fingerprint density at radius 2 is 1.73 bits per heavy atom. The van der Waals surface area contributed by atoms with Crippen molar-refractivity contribution < 1.29 is 13.2 Å². The lowest BCUT2D eigenvalue weighted by Crippen LogP contribution is -2.41. The van der Waals surface area contributed by atoms with Crippen LogP contribution in [0.5, 0.6) is 0 Å². The topological polar surface area (TPSA) is 81.5 Å². The van der Waals surface area contributed by atoms with E-state index in [2.05, 4.69) is 0 Å². The molecule has 136 valence electrons. The Hall–Kier alpha value is -2.69. The molecule has 0 saturated carbocycles. The molecule has 0 N–H and O–H groups in total. The van der Waals surface area contributed by atoms with Crippen molar-refractivity contribution in [3.8, 4) is 6.07 Å². The summed E-state index contributed by atoms with van der Waals surface area (Å²) in [6, 6.07) is 15.0. The fourth-order valence-corrected chi connectivity index (χ4v) is 3.71. The molecule has 0 fully saturated rings. The number of para-hydroxylation sites is 1. The minimum atomic E-state index is -3.82. The van der Waals surface area contributed by atoms with Crippen molar-refractivity contribution in [1.82, 2.24) is 4.31 Å². The molecule has 0 unspecified atom stereocenters. The van der Waals surface area contributed by atoms with Gasteiger partial charge in [-0.25, -0.2) is 8.42 Å². The van der Waals surface area contributed by atoms with Crippen molar-refractivity contribution in [1.29, 1.82) is 5.26 Å². The number of sulfonamides is 1. The first-order valence-corrected chi connectivity index (χ1v) is 9.57. The molecule has 0 aliphatic rings. The van der Waals surface area contributed by atoms with Gasteiger partial charge in [0.15, 0.2) is 0 Å². The third-order valence-electron chi connectivity index (χ3n) is 4.07. The summed E-state index contributed by atoms with van der Waals surface area (Å²) in [5.74, 6) is -0.304. The van der Waals surface area contributed by atoms with Crippen molar-refractivity contribution in [3.63, 3.8) is 0 Å². The lowest BCUT2D eigenvalue weighted by Gasteiger charge is -2.25. The molecule has 0 aromatic heterocycles. The smallest absolute Gasteiger partial charge is 0.243 e. The van der Waals surface area contributed by atoms with E-state index in [-0.39, 0.29) is 17.3 Å². The van der Waals surface area contributed by atoms with E-state index in [1.807, 2.05) is 44.2 Å². The molecule has 2 aromatic rings. The van der Waals surface area contributed by atoms with Gasteiger partial charge in [-0.05, 0) is 49.7 Å². The minimum absolute atomic E-state index is 0.0470. The number of hydrogen-bond acceptors (Lipinski definition) is 4. The molecule has 1 amide bonds. The molecule has 26 heavy (non-hydrogen) atoms. The van der Waals surface area contributed by atoms with Crippen molar-refractivity contribution in [2.24, 2.45) is 0 Å². The summed E-state index contributed by atoms with van der Waals surface area (Å²) in [5.41, 5.74) is 2.09. The van der Waals surface area contributed by atoms with Gasteiger partial charge in [0.1, 0.15) is 0 Å². The molecular weight excluding hydrogens is 350 g/mol. The van der Waals surface area contributed by atoms with Crippen molar-refractivity contribution in [2.75, 3.05) is 25.0 Å². The van der Waals surface area contributed by atoms with Crippen LogP contribution in [0.4, 0.5) is 5.69 Å². The monoisotopic (exact) mass is 371 g/mol. The van der Waals surface area contributed by atoms with Crippen molar-refractivity contribution >= 4 is 21.6 Å². The maximum atomic E-state index is 12.7. The molecule has 0 aliphatic heterocycles. The lowest BCUT2D eigenvalue weighted by atomic mass is 10.2. The highest BCUT2D eigenvalue weighted by Crippen LogP contribution is 2.20. The molecule has 7 heteroatoms. The average Bonchev–Trinajstić information content (AvgIpc) is 2.63. The summed E-state index contributed by atoms with van der Waals surface area (Å²) in [5, 5.41) is 8.82. The van der Waals surface area contributed by atoms with Crippen LogP contribution < -0.4 is 4.90 Å². The van der Waals surface area contributed by atoms with E-state index in [9.17, 15) is 13.2 Å². The van der Waals surface area contributed by atoms with Gasteiger partial charge >= 0.3 is 0 Å². The largest absolute Gasteiger partial charge is 0.311 e. The van der Waals surface area contributed by atoms with Crippen LogP contribution in [0.1, 0.15) is 18.1 Å². The average molecular weight is 371 g/mol. The van der Waals surface area contributed by atoms with Crippen LogP contribution in [0, 0.1) is 18.3 Å². The lowest BCUT2D eigenvalue weighted by molar-refractivity contribution is -0.118. The third kappa shape index (κ3) is 4.10. The van der Waals surface area contributed by atoms with E-state index in [0.29, 0.717) is 12.1 Å². The number of amides is 1. The van der Waals surface area contributed by atoms with Gasteiger partial charge in [0, 0.05) is 19.3 Å². The minimum Gasteiger partial charge on any atom is -0.311 e. The second-order valence-electron chi connectivity index (χ2n) is 5.82. The number of rotatable bonds is 6. The van der Waals surface area contributed by atoms with E-state index in [4.69, 9.17) is 5.26 Å². The molecule has 0 atom stereocenters. The van der Waals surface area contributed by atoms with Crippen LogP contribution in [0.25, 0.3) is 0 Å². The molecule has 0 saturated heterocycles. The first-order chi connectivity index (χ1) is 12.3. The van der Waals surface area contributed by atoms with Gasteiger partial charge in [0.25, 0.3) is 0 Å². The van der Waals surface area contributed by atoms with Crippen LogP contribution in [-0.2, 0) is 14.8 Å². The van der Waals surface area contributed by atoms with Gasteiger partial charge in [-0.1, -0.05) is 18.2 Å². The van der Waals surface area contributed by atoms with E-state index in [1.54, 1.807) is 4.90 Å². The molecule has 6 nitrogen and oxygen atoms in total. The van der Waals surface area contributed by atoms with Gasteiger partial charge in [0.05, 0.1) is 23.1 Å². The summed E-state index contributed by atoms with van der Waals surface area (Å²) in [7, 11) is -2.44. The molecule has 0 aliphatic carbocycles. The van der Waals surface area contributed by atoms with Crippen LogP contribution in [0.2, 0.25) is 0 Å². The predicted octanol–water partition coefficient (Wildman–Crippen LogP) is 2.54. The second-order valence-corrected chi connectivity index (χ2v) is 7.87. The number of carbonyl (C=O) groups is 1. The summed E-state index contributed by atoms with van der Waals surface area (Å²) in [6.45, 7) is 3.92. The van der Waals surface area contributed by atoms with Crippen molar-refractivity contribution in [2.45, 2.75) is 18.7 Å². The second kappa shape index (κ2) is 8.13. The van der Waals surface area contributed by atoms with Crippen molar-refractivity contribution in [3.05, 3.63) is 59.7 Å². The summed E-state index contributed by atoms with van der Waals surface area (Å²) < 4.78 is 26.3. The first kappa shape index (κ1) is 19.6. The van der Waals surface area contributed by atoms with E-state index >= 15 is 0 Å². The van der Waals surface area contributed by atoms with Crippen LogP contribution in [0.15, 0.2) is 53.4 Å². The zero-order chi connectivity index (χ0) is 19.3. The zero-order valence-corrected chi connectivity index (χ0v) is 15.8. The van der Waals surface area contributed by atoms with Crippen LogP contribution in [-0.4, -0.2) is 38.8 Å². The van der Waals surface area contributed by atoms with Gasteiger partial charge in [-0.2, -0.15) is 9.57 Å². The summed E-state index contributed by atoms with van der Waals surface area (Å²) in [4.78, 5) is 14.3. The van der Waals surface area contributed by atoms with Gasteiger partial charge in [-0.3, -0.25) is 4.79 Å². The van der Waals surface area contributed by atoms with E-state index in [0.717, 1.165) is 15.6 Å². The Morgan fingerprint density at radius 1 is 1.12 bits per heavy atom. The normalized spacial score (nSPS) is 11.2. The highest BCUT2D eigenvalue weighted by atomic mass is 32.2. The first-order valence-electron chi connectivity index (χ1n) is 8.13. The predicted molar refractivity (Wildman–Crippen MR) is 100 cm³/mol. The number of nitriles is 1. The Morgan fingerprint density at radius 3 is 2.27 bits per heavy atom. The fourth-order valence-electron chi connectivity index (χ4n) is 2.59. The molecule has 0 spiro atoms. The Labute approximate surface area is 154 Å². The maximum absolute atomic E-state index is 12.7. The molecule has 0 radical (unpaired) electrons. The number of anilines is 1. The Balaban J connectivity index is 2.21. The number of aryl methyl sites for hydroxylation is 1. The summed E-state index contributed by atoms with van der Waals surface area (Å²) in [6.07, 6.45) is 0. The van der Waals surface area contributed by atoms with Crippen LogP contribution in [0.3, 0.4) is 0 Å². The molecule has 2 aromatic carbocycles. The highest BCUT2D eigenvalue weighted by molar-refractivity contribution is 7.89. The van der Waals surface area contributed by atoms with Gasteiger partial charge < -0.3 is 4.90 Å². The maximum Gasteiger partial charge on any atom is 0.243 e. The molecule has 0 heterocycles. The number of hydrogen-bond donors (Lipinski definition) is 0. The molecule has 2 rings (SSSR count). The Bertz CT molecular complexity index is 931. The summed E-state index contributed by atoms with van der Waals surface area (Å²) >= 11 is 0. The molecular formula is C19H21N3O3S. The number of likely N-dealkylation sites (N-methyl/N-ethyl adjacent to an activating group) is 2. The van der Waals surface area contributed by atoms with Crippen LogP contribution >= 0.6 is 0 Å². The zero-order valence-electron chi connectivity index (χ0n) is 15.0. The van der Waals surface area contributed by atoms with E-state index in [1.165, 1.54) is 31.3 Å². The molecule has 0 bridgehead atoms. The number of benzene rings is 2. The van der Waals surface area contributed by atoms with Gasteiger partial charge in [-0.15, -0.1) is 0 Å². The quantitative estimate of drug-likeness (QED) is 0.781. The standard InChI is InChI=1S/C19H21N3O3S/c1-4-22(18-8-6-5-7-15(18)2)19(23)14-21(3)26(24,25)17-11-9-16(13-20)10-12-17/h5-12H,4,14H2,1-3H3. The fraction of sp³-hybridized carbons (Fsp3) is 0.263. The highest BCUT2D eigenvalue weighted by Gasteiger charge is 2.25. The Kier molecular flexibility index (Phi) is 6.14. The van der Waals surface area contributed by atoms with E-state index < -0.39 is 10.0 Å². The number of nitrogens with zero attached hydrogens (tertiary/aromatic N) is 3. The number of carbonyl (C=O) groups excluding carboxylic acids is 1.